The van der Waals surface area contributed by atoms with Crippen LogP contribution in [0.25, 0.3) is 0 Å². The van der Waals surface area contributed by atoms with Crippen molar-refractivity contribution in [2.75, 3.05) is 32.8 Å². The summed E-state index contributed by atoms with van der Waals surface area (Å²) in [6.45, 7) is 2.52. The highest BCUT2D eigenvalue weighted by atomic mass is 19.1. The molecule has 0 spiro atoms. The van der Waals surface area contributed by atoms with Gasteiger partial charge in [-0.05, 0) is 18.2 Å². The molecule has 0 aliphatic carbocycles. The fraction of sp³-hybridized carbons (Fsp3) is 0.417. The number of carbonyl (C=O) groups is 1. The lowest BCUT2D eigenvalue weighted by atomic mass is 10.1. The standard InChI is InChI=1S/C12H13F2NO2/c13-9-1-2-11(14)10(7-9)12(16)8-15-3-5-17-6-4-15/h1-2,7H,3-6,8H2. The fourth-order valence-corrected chi connectivity index (χ4v) is 1.76. The summed E-state index contributed by atoms with van der Waals surface area (Å²) in [7, 11) is 0. The largest absolute Gasteiger partial charge is 0.379 e. The summed E-state index contributed by atoms with van der Waals surface area (Å²) < 4.78 is 31.4. The van der Waals surface area contributed by atoms with E-state index in [9.17, 15) is 13.6 Å². The minimum Gasteiger partial charge on any atom is -0.379 e. The van der Waals surface area contributed by atoms with E-state index in [-0.39, 0.29) is 12.1 Å². The fourth-order valence-electron chi connectivity index (χ4n) is 1.76. The molecule has 1 heterocycles. The average Bonchev–Trinajstić information content (AvgIpc) is 2.33. The Kier molecular flexibility index (Phi) is 3.81. The van der Waals surface area contributed by atoms with E-state index in [1.807, 2.05) is 4.90 Å². The number of nitrogens with zero attached hydrogens (tertiary/aromatic N) is 1. The SMILES string of the molecule is O=C(CN1CCOCC1)c1cc(F)ccc1F. The zero-order valence-corrected chi connectivity index (χ0v) is 9.29. The van der Waals surface area contributed by atoms with Crippen molar-refractivity contribution in [2.24, 2.45) is 0 Å². The molecule has 1 saturated heterocycles. The lowest BCUT2D eigenvalue weighted by molar-refractivity contribution is 0.0370. The third-order valence-corrected chi connectivity index (χ3v) is 2.70. The molecule has 0 radical (unpaired) electrons. The molecule has 0 amide bonds. The van der Waals surface area contributed by atoms with Crippen LogP contribution in [-0.4, -0.2) is 43.5 Å². The molecule has 0 N–H and O–H groups in total. The van der Waals surface area contributed by atoms with Gasteiger partial charge in [-0.15, -0.1) is 0 Å². The van der Waals surface area contributed by atoms with Crippen molar-refractivity contribution in [1.29, 1.82) is 0 Å². The highest BCUT2D eigenvalue weighted by Gasteiger charge is 2.18. The molecule has 0 unspecified atom stereocenters. The molecule has 17 heavy (non-hydrogen) atoms. The minimum absolute atomic E-state index is 0.101. The molecular weight excluding hydrogens is 228 g/mol. The van der Waals surface area contributed by atoms with E-state index in [0.29, 0.717) is 26.3 Å². The van der Waals surface area contributed by atoms with E-state index in [4.69, 9.17) is 4.74 Å². The van der Waals surface area contributed by atoms with Crippen molar-refractivity contribution < 1.29 is 18.3 Å². The lowest BCUT2D eigenvalue weighted by Gasteiger charge is -2.25. The first-order valence-corrected chi connectivity index (χ1v) is 5.45. The van der Waals surface area contributed by atoms with Crippen LogP contribution in [0.1, 0.15) is 10.4 Å². The number of hydrogen-bond donors (Lipinski definition) is 0. The van der Waals surface area contributed by atoms with E-state index in [1.54, 1.807) is 0 Å². The van der Waals surface area contributed by atoms with Gasteiger partial charge in [0.15, 0.2) is 5.78 Å². The molecule has 1 fully saturated rings. The van der Waals surface area contributed by atoms with Gasteiger partial charge in [-0.1, -0.05) is 0 Å². The second-order valence-corrected chi connectivity index (χ2v) is 3.94. The molecular formula is C12H13F2NO2. The van der Waals surface area contributed by atoms with Gasteiger partial charge in [-0.25, -0.2) is 8.78 Å². The van der Waals surface area contributed by atoms with Crippen LogP contribution in [0.3, 0.4) is 0 Å². The Morgan fingerprint density at radius 1 is 1.29 bits per heavy atom. The number of Topliss-reactive ketones (excluding diaryl/α,β-unsaturated/α-hetero) is 1. The summed E-state index contributed by atoms with van der Waals surface area (Å²) in [6.07, 6.45) is 0. The van der Waals surface area contributed by atoms with Crippen molar-refractivity contribution in [3.8, 4) is 0 Å². The van der Waals surface area contributed by atoms with Gasteiger partial charge in [-0.2, -0.15) is 0 Å². The van der Waals surface area contributed by atoms with E-state index in [2.05, 4.69) is 0 Å². The molecule has 0 aromatic heterocycles. The maximum atomic E-state index is 13.3. The van der Waals surface area contributed by atoms with E-state index >= 15 is 0 Å². The molecule has 1 aromatic rings. The van der Waals surface area contributed by atoms with Crippen LogP contribution in [0.5, 0.6) is 0 Å². The number of halogens is 2. The first-order valence-electron chi connectivity index (χ1n) is 5.45. The van der Waals surface area contributed by atoms with Crippen LogP contribution in [0.2, 0.25) is 0 Å². The summed E-state index contributed by atoms with van der Waals surface area (Å²) >= 11 is 0. The lowest BCUT2D eigenvalue weighted by Crippen LogP contribution is -2.39. The van der Waals surface area contributed by atoms with Crippen LogP contribution in [-0.2, 0) is 4.74 Å². The van der Waals surface area contributed by atoms with Crippen LogP contribution < -0.4 is 0 Å². The predicted octanol–water partition coefficient (Wildman–Crippen LogP) is 1.48. The summed E-state index contributed by atoms with van der Waals surface area (Å²) in [5.74, 6) is -1.68. The van der Waals surface area contributed by atoms with Gasteiger partial charge in [0.25, 0.3) is 0 Å². The molecule has 0 atom stereocenters. The zero-order valence-electron chi connectivity index (χ0n) is 9.29. The molecule has 3 nitrogen and oxygen atoms in total. The summed E-state index contributed by atoms with van der Waals surface area (Å²) in [5.41, 5.74) is -0.184. The molecule has 5 heteroatoms. The van der Waals surface area contributed by atoms with Crippen LogP contribution in [0.15, 0.2) is 18.2 Å². The van der Waals surface area contributed by atoms with Crippen LogP contribution in [0.4, 0.5) is 8.78 Å². The number of rotatable bonds is 3. The summed E-state index contributed by atoms with van der Waals surface area (Å²) in [4.78, 5) is 13.7. The first kappa shape index (κ1) is 12.1. The van der Waals surface area contributed by atoms with Gasteiger partial charge in [0.1, 0.15) is 11.6 Å². The molecule has 1 aliphatic heterocycles. The Balaban J connectivity index is 2.05. The molecule has 2 rings (SSSR count). The maximum absolute atomic E-state index is 13.3. The normalized spacial score (nSPS) is 17.1. The highest BCUT2D eigenvalue weighted by Crippen LogP contribution is 2.11. The second-order valence-electron chi connectivity index (χ2n) is 3.94. The van der Waals surface area contributed by atoms with Crippen molar-refractivity contribution in [1.82, 2.24) is 4.90 Å². The van der Waals surface area contributed by atoms with E-state index < -0.39 is 17.4 Å². The summed E-state index contributed by atoms with van der Waals surface area (Å²) in [6, 6.07) is 2.92. The number of morpholine rings is 1. The number of benzene rings is 1. The molecule has 1 aromatic carbocycles. The van der Waals surface area contributed by atoms with Gasteiger partial charge >= 0.3 is 0 Å². The molecule has 0 saturated carbocycles. The van der Waals surface area contributed by atoms with Gasteiger partial charge < -0.3 is 4.74 Å². The van der Waals surface area contributed by atoms with Crippen LogP contribution in [0, 0.1) is 11.6 Å². The van der Waals surface area contributed by atoms with Crippen molar-refractivity contribution in [3.63, 3.8) is 0 Å². The smallest absolute Gasteiger partial charge is 0.179 e. The predicted molar refractivity (Wildman–Crippen MR) is 57.9 cm³/mol. The summed E-state index contributed by atoms with van der Waals surface area (Å²) in [5, 5.41) is 0. The first-order chi connectivity index (χ1) is 8.16. The van der Waals surface area contributed by atoms with Gasteiger partial charge in [-0.3, -0.25) is 9.69 Å². The minimum atomic E-state index is -0.676. The van der Waals surface area contributed by atoms with Crippen molar-refractivity contribution in [3.05, 3.63) is 35.4 Å². The third-order valence-electron chi connectivity index (χ3n) is 2.70. The Labute approximate surface area is 98.0 Å². The van der Waals surface area contributed by atoms with Gasteiger partial charge in [0, 0.05) is 13.1 Å². The Morgan fingerprint density at radius 2 is 2.00 bits per heavy atom. The van der Waals surface area contributed by atoms with Crippen LogP contribution >= 0.6 is 0 Å². The van der Waals surface area contributed by atoms with Crippen molar-refractivity contribution >= 4 is 5.78 Å². The molecule has 1 aliphatic rings. The van der Waals surface area contributed by atoms with E-state index in [1.165, 1.54) is 0 Å². The van der Waals surface area contributed by atoms with E-state index in [0.717, 1.165) is 18.2 Å². The van der Waals surface area contributed by atoms with Crippen molar-refractivity contribution in [2.45, 2.75) is 0 Å². The maximum Gasteiger partial charge on any atom is 0.179 e. The third kappa shape index (κ3) is 3.08. The van der Waals surface area contributed by atoms with Gasteiger partial charge in [0.05, 0.1) is 25.3 Å². The number of hydrogen-bond acceptors (Lipinski definition) is 3. The number of carbonyl (C=O) groups excluding carboxylic acids is 1. The number of ether oxygens (including phenoxy) is 1. The topological polar surface area (TPSA) is 29.5 Å². The Hall–Kier alpha value is -1.33. The zero-order chi connectivity index (χ0) is 12.3. The molecule has 92 valence electrons. The monoisotopic (exact) mass is 241 g/mol. The van der Waals surface area contributed by atoms with Gasteiger partial charge in [0.2, 0.25) is 0 Å². The Morgan fingerprint density at radius 3 is 2.71 bits per heavy atom. The second kappa shape index (κ2) is 5.33. The highest BCUT2D eigenvalue weighted by molar-refractivity contribution is 5.97. The quantitative estimate of drug-likeness (QED) is 0.751. The average molecular weight is 241 g/mol. The Bertz CT molecular complexity index is 417. The molecule has 0 bridgehead atoms. The number of ketones is 1.